The van der Waals surface area contributed by atoms with E-state index in [1.807, 2.05) is 19.1 Å². The first-order chi connectivity index (χ1) is 17.7. The summed E-state index contributed by atoms with van der Waals surface area (Å²) in [7, 11) is -1.03. The van der Waals surface area contributed by atoms with Gasteiger partial charge < -0.3 is 9.47 Å². The number of rotatable bonds is 9. The molecule has 1 amide bonds. The lowest BCUT2D eigenvalue weighted by molar-refractivity contribution is -0.114. The highest BCUT2D eigenvalue weighted by atomic mass is 79.9. The fourth-order valence-corrected chi connectivity index (χ4v) is 6.28. The van der Waals surface area contributed by atoms with Gasteiger partial charge in [0, 0.05) is 5.56 Å². The summed E-state index contributed by atoms with van der Waals surface area (Å²) >= 11 is 4.51. The van der Waals surface area contributed by atoms with Gasteiger partial charge in [-0.25, -0.2) is 8.42 Å². The van der Waals surface area contributed by atoms with Crippen molar-refractivity contribution in [2.45, 2.75) is 11.8 Å². The molecule has 1 aromatic heterocycles. The molecule has 12 heteroatoms. The maximum Gasteiger partial charge on any atom is 0.264 e. The van der Waals surface area contributed by atoms with E-state index in [9.17, 15) is 13.2 Å². The van der Waals surface area contributed by atoms with E-state index in [-0.39, 0.29) is 10.0 Å². The Morgan fingerprint density at radius 2 is 1.70 bits per heavy atom. The number of nitrogens with zero attached hydrogens (tertiary/aromatic N) is 3. The van der Waals surface area contributed by atoms with Crippen LogP contribution in [-0.4, -0.2) is 45.3 Å². The van der Waals surface area contributed by atoms with Gasteiger partial charge in [-0.1, -0.05) is 29.0 Å². The second-order valence-electron chi connectivity index (χ2n) is 7.83. The molecule has 0 atom stereocenters. The molecular formula is C25H23BrN4O5S2. The Morgan fingerprint density at radius 1 is 1.00 bits per heavy atom. The molecule has 0 aliphatic rings. The zero-order chi connectivity index (χ0) is 26.6. The Bertz CT molecular complexity index is 1510. The molecule has 1 heterocycles. The maximum absolute atomic E-state index is 13.6. The van der Waals surface area contributed by atoms with E-state index < -0.39 is 22.5 Å². The van der Waals surface area contributed by atoms with Crippen LogP contribution >= 0.6 is 27.3 Å². The van der Waals surface area contributed by atoms with Crippen molar-refractivity contribution in [2.75, 3.05) is 30.4 Å². The van der Waals surface area contributed by atoms with Crippen molar-refractivity contribution < 1.29 is 22.7 Å². The lowest BCUT2D eigenvalue weighted by Gasteiger charge is -2.24. The Morgan fingerprint density at radius 3 is 2.32 bits per heavy atom. The fraction of sp³-hybridized carbons (Fsp3) is 0.160. The van der Waals surface area contributed by atoms with E-state index in [2.05, 4.69) is 31.4 Å². The van der Waals surface area contributed by atoms with Gasteiger partial charge in [0.05, 0.1) is 29.3 Å². The summed E-state index contributed by atoms with van der Waals surface area (Å²) in [6.45, 7) is 1.43. The van der Waals surface area contributed by atoms with Crippen LogP contribution in [0.2, 0.25) is 0 Å². The SMILES string of the molecule is COc1ccc(-c2nnc(NC(=O)CN(c3ccc(C)cc3)S(=O)(=O)c3ccc(OC)c(Br)c3)s2)cc1. The van der Waals surface area contributed by atoms with Crippen molar-refractivity contribution in [2.24, 2.45) is 0 Å². The Hall–Kier alpha value is -3.48. The number of hydrogen-bond donors (Lipinski definition) is 1. The van der Waals surface area contributed by atoms with E-state index >= 15 is 0 Å². The maximum atomic E-state index is 13.6. The van der Waals surface area contributed by atoms with Crippen LogP contribution in [0.4, 0.5) is 10.8 Å². The number of aromatic nitrogens is 2. The Balaban J connectivity index is 1.58. The number of halogens is 1. The van der Waals surface area contributed by atoms with Crippen LogP contribution in [0.1, 0.15) is 5.56 Å². The minimum absolute atomic E-state index is 0.00579. The molecule has 0 aliphatic heterocycles. The van der Waals surface area contributed by atoms with Crippen molar-refractivity contribution in [3.8, 4) is 22.1 Å². The van der Waals surface area contributed by atoms with Crippen LogP contribution in [0, 0.1) is 6.92 Å². The third-order valence-electron chi connectivity index (χ3n) is 5.33. The summed E-state index contributed by atoms with van der Waals surface area (Å²) < 4.78 is 39.2. The number of methoxy groups -OCH3 is 2. The predicted octanol–water partition coefficient (Wildman–Crippen LogP) is 5.13. The van der Waals surface area contributed by atoms with Crippen LogP contribution in [0.5, 0.6) is 11.5 Å². The zero-order valence-electron chi connectivity index (χ0n) is 20.1. The number of benzene rings is 3. The van der Waals surface area contributed by atoms with Gasteiger partial charge in [0.2, 0.25) is 11.0 Å². The van der Waals surface area contributed by atoms with Gasteiger partial charge in [0.15, 0.2) is 0 Å². The average Bonchev–Trinajstić information content (AvgIpc) is 3.36. The standard InChI is InChI=1S/C25H23BrN4O5S2/c1-16-4-8-18(9-5-16)30(37(32,33)20-12-13-22(35-3)21(26)14-20)15-23(31)27-25-29-28-24(36-25)17-6-10-19(34-2)11-7-17/h4-14H,15H2,1-3H3,(H,27,29,31). The van der Waals surface area contributed by atoms with E-state index in [1.165, 1.54) is 30.6 Å². The lowest BCUT2D eigenvalue weighted by atomic mass is 10.2. The van der Waals surface area contributed by atoms with E-state index in [4.69, 9.17) is 9.47 Å². The lowest BCUT2D eigenvalue weighted by Crippen LogP contribution is -2.38. The highest BCUT2D eigenvalue weighted by Gasteiger charge is 2.28. The van der Waals surface area contributed by atoms with Gasteiger partial charge in [0.25, 0.3) is 10.0 Å². The van der Waals surface area contributed by atoms with Gasteiger partial charge in [-0.2, -0.15) is 0 Å². The molecule has 0 bridgehead atoms. The molecule has 192 valence electrons. The largest absolute Gasteiger partial charge is 0.497 e. The number of hydrogen-bond acceptors (Lipinski definition) is 8. The minimum atomic E-state index is -4.10. The number of ether oxygens (including phenoxy) is 2. The Kier molecular flexibility index (Phi) is 8.10. The van der Waals surface area contributed by atoms with E-state index in [1.54, 1.807) is 49.6 Å². The zero-order valence-corrected chi connectivity index (χ0v) is 23.4. The highest BCUT2D eigenvalue weighted by molar-refractivity contribution is 9.10. The number of amides is 1. The van der Waals surface area contributed by atoms with Crippen molar-refractivity contribution in [1.82, 2.24) is 10.2 Å². The molecule has 0 fully saturated rings. The summed E-state index contributed by atoms with van der Waals surface area (Å²) in [4.78, 5) is 13.0. The summed E-state index contributed by atoms with van der Waals surface area (Å²) in [6, 6.07) is 18.6. The van der Waals surface area contributed by atoms with Gasteiger partial charge in [0.1, 0.15) is 23.1 Å². The van der Waals surface area contributed by atoms with Crippen LogP contribution in [0.15, 0.2) is 76.1 Å². The number of carbonyl (C=O) groups excluding carboxylic acids is 1. The number of nitrogens with one attached hydrogen (secondary N) is 1. The Labute approximate surface area is 227 Å². The van der Waals surface area contributed by atoms with Crippen LogP contribution < -0.4 is 19.1 Å². The number of carbonyl (C=O) groups is 1. The van der Waals surface area contributed by atoms with Crippen molar-refractivity contribution >= 4 is 54.0 Å². The molecular weight excluding hydrogens is 580 g/mol. The van der Waals surface area contributed by atoms with Crippen LogP contribution in [0.3, 0.4) is 0 Å². The summed E-state index contributed by atoms with van der Waals surface area (Å²) in [5.41, 5.74) is 2.12. The van der Waals surface area contributed by atoms with Gasteiger partial charge in [-0.15, -0.1) is 10.2 Å². The third-order valence-corrected chi connectivity index (χ3v) is 8.61. The van der Waals surface area contributed by atoms with Crippen molar-refractivity contribution in [3.63, 3.8) is 0 Å². The normalized spacial score (nSPS) is 11.1. The quantitative estimate of drug-likeness (QED) is 0.283. The van der Waals surface area contributed by atoms with Crippen LogP contribution in [0.25, 0.3) is 10.6 Å². The summed E-state index contributed by atoms with van der Waals surface area (Å²) in [5.74, 6) is 0.639. The van der Waals surface area contributed by atoms with Crippen LogP contribution in [-0.2, 0) is 14.8 Å². The highest BCUT2D eigenvalue weighted by Crippen LogP contribution is 2.31. The molecule has 4 aromatic rings. The molecule has 4 rings (SSSR count). The molecule has 9 nitrogen and oxygen atoms in total. The fourth-order valence-electron chi connectivity index (χ4n) is 3.37. The molecule has 37 heavy (non-hydrogen) atoms. The van der Waals surface area contributed by atoms with Gasteiger partial charge in [-0.3, -0.25) is 14.4 Å². The molecule has 1 N–H and O–H groups in total. The smallest absolute Gasteiger partial charge is 0.264 e. The van der Waals surface area contributed by atoms with Crippen molar-refractivity contribution in [1.29, 1.82) is 0 Å². The molecule has 0 spiro atoms. The second-order valence-corrected chi connectivity index (χ2v) is 11.5. The first-order valence-corrected chi connectivity index (χ1v) is 14.0. The number of aryl methyl sites for hydroxylation is 1. The monoisotopic (exact) mass is 602 g/mol. The van der Waals surface area contributed by atoms with Gasteiger partial charge in [-0.05, 0) is 77.5 Å². The third kappa shape index (κ3) is 6.09. The molecule has 0 aliphatic carbocycles. The first kappa shape index (κ1) is 26.6. The molecule has 0 radical (unpaired) electrons. The average molecular weight is 604 g/mol. The van der Waals surface area contributed by atoms with E-state index in [0.29, 0.717) is 26.7 Å². The number of sulfonamides is 1. The molecule has 0 saturated heterocycles. The molecule has 0 saturated carbocycles. The topological polar surface area (TPSA) is 111 Å². The van der Waals surface area contributed by atoms with Gasteiger partial charge >= 0.3 is 0 Å². The summed E-state index contributed by atoms with van der Waals surface area (Å²) in [5, 5.41) is 11.7. The van der Waals surface area contributed by atoms with Crippen molar-refractivity contribution in [3.05, 3.63) is 76.8 Å². The minimum Gasteiger partial charge on any atom is -0.497 e. The first-order valence-electron chi connectivity index (χ1n) is 10.9. The second kappa shape index (κ2) is 11.3. The van der Waals surface area contributed by atoms with E-state index in [0.717, 1.165) is 15.4 Å². The number of anilines is 2. The summed E-state index contributed by atoms with van der Waals surface area (Å²) in [6.07, 6.45) is 0. The molecule has 3 aromatic carbocycles. The predicted molar refractivity (Wildman–Crippen MR) is 147 cm³/mol. The molecule has 0 unspecified atom stereocenters.